The van der Waals surface area contributed by atoms with Crippen molar-refractivity contribution in [3.05, 3.63) is 237 Å². The number of hydrogen-bond donors (Lipinski definition) is 0. The van der Waals surface area contributed by atoms with Crippen molar-refractivity contribution in [2.24, 2.45) is 0 Å². The van der Waals surface area contributed by atoms with Crippen molar-refractivity contribution in [1.82, 2.24) is 15.0 Å². The predicted octanol–water partition coefficient (Wildman–Crippen LogP) is 16.3. The van der Waals surface area contributed by atoms with Crippen LogP contribution in [0.2, 0.25) is 0 Å². The summed E-state index contributed by atoms with van der Waals surface area (Å²) in [6, 6.07) is 84.6. The molecule has 298 valence electrons. The van der Waals surface area contributed by atoms with E-state index in [9.17, 15) is 0 Å². The van der Waals surface area contributed by atoms with Crippen molar-refractivity contribution in [3.63, 3.8) is 0 Å². The lowest BCUT2D eigenvalue weighted by Gasteiger charge is -2.13. The lowest BCUT2D eigenvalue weighted by molar-refractivity contribution is 1.07. The molecule has 0 bridgehead atoms. The van der Waals surface area contributed by atoms with E-state index >= 15 is 0 Å². The lowest BCUT2D eigenvalue weighted by atomic mass is 9.92. The van der Waals surface area contributed by atoms with Crippen LogP contribution in [0.3, 0.4) is 0 Å². The fourth-order valence-corrected chi connectivity index (χ4v) is 9.39. The fraction of sp³-hybridized carbons (Fsp3) is 0. The van der Waals surface area contributed by atoms with Crippen molar-refractivity contribution in [2.75, 3.05) is 0 Å². The zero-order chi connectivity index (χ0) is 42.4. The topological polar surface area (TPSA) is 38.7 Å². The van der Waals surface area contributed by atoms with Crippen LogP contribution in [0.4, 0.5) is 0 Å². The van der Waals surface area contributed by atoms with Gasteiger partial charge in [-0.2, -0.15) is 0 Å². The number of rotatable bonds is 5. The van der Waals surface area contributed by atoms with Crippen LogP contribution in [0.5, 0.6) is 0 Å². The molecule has 0 unspecified atom stereocenters. The molecule has 12 rings (SSSR count). The summed E-state index contributed by atoms with van der Waals surface area (Å²) >= 11 is 0. The second-order valence-corrected chi connectivity index (χ2v) is 16.3. The van der Waals surface area contributed by atoms with Crippen LogP contribution in [-0.2, 0) is 0 Å². The highest BCUT2D eigenvalue weighted by Gasteiger charge is 2.17. The number of hydrogen-bond acceptors (Lipinski definition) is 3. The van der Waals surface area contributed by atoms with Gasteiger partial charge in [0.25, 0.3) is 0 Å². The van der Waals surface area contributed by atoms with Crippen LogP contribution in [-0.4, -0.2) is 15.0 Å². The molecule has 0 radical (unpaired) electrons. The summed E-state index contributed by atoms with van der Waals surface area (Å²) in [5.41, 5.74) is 7.20. The van der Waals surface area contributed by atoms with Crippen LogP contribution >= 0.6 is 0 Å². The normalized spacial score (nSPS) is 11.4. The fourth-order valence-electron chi connectivity index (χ4n) is 9.39. The molecule has 3 nitrogen and oxygen atoms in total. The van der Waals surface area contributed by atoms with Crippen LogP contribution in [0.15, 0.2) is 237 Å². The van der Waals surface area contributed by atoms with Gasteiger partial charge in [0.15, 0.2) is 17.5 Å². The Labute approximate surface area is 371 Å². The molecule has 0 saturated carbocycles. The minimum absolute atomic E-state index is 0.608. The average molecular weight is 814 g/mol. The van der Waals surface area contributed by atoms with Gasteiger partial charge in [0.1, 0.15) is 0 Å². The molecule has 0 N–H and O–H groups in total. The molecule has 0 aliphatic carbocycles. The Bertz CT molecular complexity index is 3770. The maximum absolute atomic E-state index is 5.39. The minimum Gasteiger partial charge on any atom is -0.208 e. The number of benzene rings is 10. The van der Waals surface area contributed by atoms with Gasteiger partial charge in [-0.25, -0.2) is 15.0 Å². The lowest BCUT2D eigenvalue weighted by Crippen LogP contribution is -2.00. The van der Waals surface area contributed by atoms with Crippen LogP contribution in [0.25, 0.3) is 121 Å². The molecule has 0 aliphatic heterocycles. The largest absolute Gasteiger partial charge is 0.208 e. The molecule has 11 aromatic carbocycles. The van der Waals surface area contributed by atoms with Crippen molar-refractivity contribution in [2.45, 2.75) is 0 Å². The van der Waals surface area contributed by atoms with Gasteiger partial charge in [0, 0.05) is 16.7 Å². The van der Waals surface area contributed by atoms with Gasteiger partial charge >= 0.3 is 0 Å². The van der Waals surface area contributed by atoms with E-state index < -0.39 is 0 Å². The first kappa shape index (κ1) is 37.2. The predicted molar refractivity (Wildman–Crippen MR) is 270 cm³/mol. The van der Waals surface area contributed by atoms with E-state index in [1.807, 2.05) is 18.2 Å². The Morgan fingerprint density at radius 3 is 0.953 bits per heavy atom. The Morgan fingerprint density at radius 2 is 0.484 bits per heavy atom. The Hall–Kier alpha value is -8.53. The first-order valence-electron chi connectivity index (χ1n) is 21.8. The summed E-state index contributed by atoms with van der Waals surface area (Å²) in [7, 11) is 0. The van der Waals surface area contributed by atoms with Gasteiger partial charge in [-0.15, -0.1) is 0 Å². The van der Waals surface area contributed by atoms with Gasteiger partial charge in [0.05, 0.1) is 0 Å². The van der Waals surface area contributed by atoms with Crippen LogP contribution in [0.1, 0.15) is 0 Å². The van der Waals surface area contributed by atoms with Crippen LogP contribution in [0, 0.1) is 0 Å². The second-order valence-electron chi connectivity index (χ2n) is 16.3. The van der Waals surface area contributed by atoms with Gasteiger partial charge in [-0.3, -0.25) is 0 Å². The van der Waals surface area contributed by atoms with Crippen molar-refractivity contribution < 1.29 is 0 Å². The van der Waals surface area contributed by atoms with E-state index in [2.05, 4.69) is 218 Å². The molecular weight excluding hydrogens is 775 g/mol. The standard InChI is InChI=1S/C61H39N3/c1-4-18-40(19-5-1)46-34-47(41-20-6-2-7-21-41)36-48(35-46)61-63-59(42-22-8-3-9-23-42)62-60(64-61)45-32-33-55-53-30-15-14-28-51(53)49-26-12-13-27-50(49)52-29-16-17-31-54(52)56-37-43-24-10-11-25-44(43)38-58(56)57(55)39-45/h1-39H. The zero-order valence-corrected chi connectivity index (χ0v) is 34.9. The highest BCUT2D eigenvalue weighted by Crippen LogP contribution is 2.39. The van der Waals surface area contributed by atoms with E-state index in [0.29, 0.717) is 17.5 Å². The zero-order valence-electron chi connectivity index (χ0n) is 34.9. The molecule has 0 aliphatic rings. The van der Waals surface area contributed by atoms with Gasteiger partial charge < -0.3 is 0 Å². The smallest absolute Gasteiger partial charge is 0.164 e. The summed E-state index contributed by atoms with van der Waals surface area (Å²) in [6.45, 7) is 0. The summed E-state index contributed by atoms with van der Waals surface area (Å²) in [6.07, 6.45) is 0. The Balaban J connectivity index is 1.20. The molecule has 64 heavy (non-hydrogen) atoms. The third-order valence-corrected chi connectivity index (χ3v) is 12.5. The van der Waals surface area contributed by atoms with Gasteiger partial charge in [-0.05, 0) is 123 Å². The SMILES string of the molecule is c1ccc(-c2cc(-c3ccccc3)cc(-c3nc(-c4ccccc4)nc(-c4ccc5c6ccccc6c6ccccc6c6ccccc6c6cc7ccccc7cc6c5c4)n3)c2)cc1. The Morgan fingerprint density at radius 1 is 0.172 bits per heavy atom. The summed E-state index contributed by atoms with van der Waals surface area (Å²) in [5, 5.41) is 14.1. The molecule has 0 atom stereocenters. The molecule has 12 aromatic rings. The number of fused-ring (bicyclic) bond motifs is 11. The third kappa shape index (κ3) is 6.68. The van der Waals surface area contributed by atoms with Crippen molar-refractivity contribution in [3.8, 4) is 56.4 Å². The summed E-state index contributed by atoms with van der Waals surface area (Å²) in [4.78, 5) is 15.9. The third-order valence-electron chi connectivity index (χ3n) is 12.5. The van der Waals surface area contributed by atoms with E-state index in [1.165, 1.54) is 48.5 Å². The van der Waals surface area contributed by atoms with Crippen molar-refractivity contribution in [1.29, 1.82) is 0 Å². The van der Waals surface area contributed by atoms with Gasteiger partial charge in [0.2, 0.25) is 0 Å². The minimum atomic E-state index is 0.608. The first-order chi connectivity index (χ1) is 31.7. The quantitative estimate of drug-likeness (QED) is 0.174. The number of aromatic nitrogens is 3. The molecule has 0 fully saturated rings. The van der Waals surface area contributed by atoms with Crippen LogP contribution < -0.4 is 0 Å². The number of nitrogens with zero attached hydrogens (tertiary/aromatic N) is 3. The summed E-state index contributed by atoms with van der Waals surface area (Å²) < 4.78 is 0. The monoisotopic (exact) mass is 813 g/mol. The highest BCUT2D eigenvalue weighted by molar-refractivity contribution is 6.27. The highest BCUT2D eigenvalue weighted by atomic mass is 15.0. The average Bonchev–Trinajstić information content (AvgIpc) is 3.38. The first-order valence-corrected chi connectivity index (χ1v) is 21.8. The molecule has 3 heteroatoms. The summed E-state index contributed by atoms with van der Waals surface area (Å²) in [5.74, 6) is 1.84. The maximum atomic E-state index is 5.39. The molecule has 0 amide bonds. The van der Waals surface area contributed by atoms with E-state index in [-0.39, 0.29) is 0 Å². The van der Waals surface area contributed by atoms with E-state index in [1.54, 1.807) is 0 Å². The Kier molecular flexibility index (Phi) is 9.16. The van der Waals surface area contributed by atoms with E-state index in [4.69, 9.17) is 15.0 Å². The van der Waals surface area contributed by atoms with E-state index in [0.717, 1.165) is 55.1 Å². The van der Waals surface area contributed by atoms with Gasteiger partial charge in [-0.1, -0.05) is 200 Å². The molecule has 0 saturated heterocycles. The molecular formula is C61H39N3. The molecule has 1 heterocycles. The van der Waals surface area contributed by atoms with Crippen molar-refractivity contribution >= 4 is 64.6 Å². The molecule has 0 spiro atoms. The molecule has 1 aromatic heterocycles. The second kappa shape index (κ2) is 15.7. The maximum Gasteiger partial charge on any atom is 0.164 e.